The predicted octanol–water partition coefficient (Wildman–Crippen LogP) is 4.91. The third kappa shape index (κ3) is 3.72. The van der Waals surface area contributed by atoms with E-state index in [-0.39, 0.29) is 27.8 Å². The molecule has 2 heterocycles. The van der Waals surface area contributed by atoms with Crippen molar-refractivity contribution in [3.8, 4) is 5.75 Å². The Kier molecular flexibility index (Phi) is 5.27. The fourth-order valence-corrected chi connectivity index (χ4v) is 3.29. The number of pyridine rings is 1. The molecule has 0 spiro atoms. The predicted molar refractivity (Wildman–Crippen MR) is 90.0 cm³/mol. The van der Waals surface area contributed by atoms with Crippen LogP contribution in [0.2, 0.25) is 15.1 Å². The van der Waals surface area contributed by atoms with Crippen molar-refractivity contribution in [2.45, 2.75) is 12.5 Å². The molecular formula is C16H14Cl3FN2O. The molecule has 0 aliphatic carbocycles. The Balaban J connectivity index is 1.94. The van der Waals surface area contributed by atoms with Crippen LogP contribution >= 0.6 is 34.8 Å². The molecular weight excluding hydrogens is 362 g/mol. The Morgan fingerprint density at radius 3 is 2.78 bits per heavy atom. The molecule has 1 saturated heterocycles. The van der Waals surface area contributed by atoms with E-state index >= 15 is 0 Å². The number of aromatic nitrogens is 1. The van der Waals surface area contributed by atoms with Crippen LogP contribution in [0.3, 0.4) is 0 Å². The van der Waals surface area contributed by atoms with E-state index in [9.17, 15) is 4.39 Å². The van der Waals surface area contributed by atoms with Crippen molar-refractivity contribution in [2.75, 3.05) is 13.1 Å². The van der Waals surface area contributed by atoms with Crippen molar-refractivity contribution in [1.82, 2.24) is 10.3 Å². The SMILES string of the molecule is Fc1c(Cl)ccc(O[C@H](c2cncc(Cl)c2)C2CCNC2)c1Cl. The van der Waals surface area contributed by atoms with E-state index in [0.29, 0.717) is 5.02 Å². The highest BCUT2D eigenvalue weighted by atomic mass is 35.5. The number of ether oxygens (including phenoxy) is 1. The molecule has 1 aromatic carbocycles. The van der Waals surface area contributed by atoms with Gasteiger partial charge in [0.1, 0.15) is 16.9 Å². The largest absolute Gasteiger partial charge is 0.484 e. The molecule has 0 bridgehead atoms. The molecule has 3 nitrogen and oxygen atoms in total. The molecule has 0 radical (unpaired) electrons. The molecule has 1 aliphatic heterocycles. The third-order valence-electron chi connectivity index (χ3n) is 3.83. The molecule has 1 fully saturated rings. The van der Waals surface area contributed by atoms with Crippen LogP contribution < -0.4 is 10.1 Å². The third-order valence-corrected chi connectivity index (χ3v) is 4.69. The Morgan fingerprint density at radius 2 is 2.09 bits per heavy atom. The minimum Gasteiger partial charge on any atom is -0.484 e. The van der Waals surface area contributed by atoms with Crippen LogP contribution in [0.1, 0.15) is 18.1 Å². The Bertz CT molecular complexity index is 708. The smallest absolute Gasteiger partial charge is 0.164 e. The maximum absolute atomic E-state index is 13.9. The molecule has 1 aliphatic rings. The first-order valence-electron chi connectivity index (χ1n) is 7.17. The summed E-state index contributed by atoms with van der Waals surface area (Å²) in [4.78, 5) is 4.11. The summed E-state index contributed by atoms with van der Waals surface area (Å²) in [5.41, 5.74) is 0.831. The maximum Gasteiger partial charge on any atom is 0.164 e. The zero-order chi connectivity index (χ0) is 16.4. The van der Waals surface area contributed by atoms with Gasteiger partial charge >= 0.3 is 0 Å². The number of nitrogens with one attached hydrogen (secondary N) is 1. The second kappa shape index (κ2) is 7.22. The lowest BCUT2D eigenvalue weighted by atomic mass is 9.96. The highest BCUT2D eigenvalue weighted by molar-refractivity contribution is 6.35. The molecule has 2 atom stereocenters. The monoisotopic (exact) mass is 374 g/mol. The summed E-state index contributed by atoms with van der Waals surface area (Å²) in [7, 11) is 0. The van der Waals surface area contributed by atoms with Gasteiger partial charge in [0.25, 0.3) is 0 Å². The molecule has 122 valence electrons. The lowest BCUT2D eigenvalue weighted by molar-refractivity contribution is 0.144. The Morgan fingerprint density at radius 1 is 1.26 bits per heavy atom. The summed E-state index contributed by atoms with van der Waals surface area (Å²) < 4.78 is 19.9. The van der Waals surface area contributed by atoms with Gasteiger partial charge in [0.05, 0.1) is 10.0 Å². The summed E-state index contributed by atoms with van der Waals surface area (Å²) in [6, 6.07) is 4.80. The van der Waals surface area contributed by atoms with Gasteiger partial charge in [-0.3, -0.25) is 4.98 Å². The van der Waals surface area contributed by atoms with Crippen LogP contribution in [-0.4, -0.2) is 18.1 Å². The first-order chi connectivity index (χ1) is 11.1. The lowest BCUT2D eigenvalue weighted by Crippen LogP contribution is -2.21. The van der Waals surface area contributed by atoms with Crippen LogP contribution in [0.15, 0.2) is 30.6 Å². The number of benzene rings is 1. The van der Waals surface area contributed by atoms with E-state index in [0.717, 1.165) is 25.1 Å². The topological polar surface area (TPSA) is 34.1 Å². The lowest BCUT2D eigenvalue weighted by Gasteiger charge is -2.25. The minimum absolute atomic E-state index is 0.0362. The molecule has 0 amide bonds. The molecule has 23 heavy (non-hydrogen) atoms. The number of halogens is 4. The van der Waals surface area contributed by atoms with Gasteiger partial charge in [0.2, 0.25) is 0 Å². The quantitative estimate of drug-likeness (QED) is 0.771. The van der Waals surface area contributed by atoms with Crippen molar-refractivity contribution in [1.29, 1.82) is 0 Å². The molecule has 1 aromatic heterocycles. The summed E-state index contributed by atoms with van der Waals surface area (Å²) in [5, 5.41) is 3.66. The number of rotatable bonds is 4. The molecule has 1 unspecified atom stereocenters. The van der Waals surface area contributed by atoms with Gasteiger partial charge in [-0.2, -0.15) is 0 Å². The highest BCUT2D eigenvalue weighted by Gasteiger charge is 2.29. The second-order valence-corrected chi connectivity index (χ2v) is 6.62. The van der Waals surface area contributed by atoms with Crippen molar-refractivity contribution in [3.63, 3.8) is 0 Å². The van der Waals surface area contributed by atoms with Crippen LogP contribution in [0, 0.1) is 11.7 Å². The molecule has 3 rings (SSSR count). The van der Waals surface area contributed by atoms with Gasteiger partial charge < -0.3 is 10.1 Å². The Hall–Kier alpha value is -1.07. The number of hydrogen-bond donors (Lipinski definition) is 1. The first kappa shape index (κ1) is 16.8. The fourth-order valence-electron chi connectivity index (χ4n) is 2.69. The van der Waals surface area contributed by atoms with Crippen LogP contribution in [0.4, 0.5) is 4.39 Å². The van der Waals surface area contributed by atoms with E-state index in [1.54, 1.807) is 24.5 Å². The van der Waals surface area contributed by atoms with Crippen LogP contribution in [-0.2, 0) is 0 Å². The minimum atomic E-state index is -0.682. The molecule has 2 aromatic rings. The van der Waals surface area contributed by atoms with Gasteiger partial charge in [-0.15, -0.1) is 0 Å². The van der Waals surface area contributed by atoms with E-state index < -0.39 is 5.82 Å². The zero-order valence-electron chi connectivity index (χ0n) is 12.0. The average Bonchev–Trinajstić information content (AvgIpc) is 3.06. The molecule has 0 saturated carbocycles. The Labute approximate surface area is 148 Å². The standard InChI is InChI=1S/C16H14Cl3FN2O/c17-11-5-10(7-22-8-11)16(9-3-4-21-6-9)23-13-2-1-12(18)15(20)14(13)19/h1-2,5,7-9,16,21H,3-4,6H2/t9?,16-/m0/s1. The van der Waals surface area contributed by atoms with Gasteiger partial charge in [-0.25, -0.2) is 4.39 Å². The van der Waals surface area contributed by atoms with Crippen molar-refractivity contribution in [2.24, 2.45) is 5.92 Å². The summed E-state index contributed by atoms with van der Waals surface area (Å²) in [5.74, 6) is -0.214. The van der Waals surface area contributed by atoms with Gasteiger partial charge in [0, 0.05) is 30.4 Å². The summed E-state index contributed by atoms with van der Waals surface area (Å²) in [6.45, 7) is 1.70. The number of nitrogens with zero attached hydrogens (tertiary/aromatic N) is 1. The average molecular weight is 376 g/mol. The van der Waals surface area contributed by atoms with Crippen molar-refractivity contribution < 1.29 is 9.13 Å². The van der Waals surface area contributed by atoms with Gasteiger partial charge in [-0.1, -0.05) is 34.8 Å². The van der Waals surface area contributed by atoms with E-state index in [2.05, 4.69) is 10.3 Å². The number of hydrogen-bond acceptors (Lipinski definition) is 3. The maximum atomic E-state index is 13.9. The normalized spacial score (nSPS) is 18.9. The molecule has 1 N–H and O–H groups in total. The van der Waals surface area contributed by atoms with Gasteiger partial charge in [-0.05, 0) is 31.2 Å². The second-order valence-electron chi connectivity index (χ2n) is 5.40. The van der Waals surface area contributed by atoms with Crippen molar-refractivity contribution >= 4 is 34.8 Å². The summed E-state index contributed by atoms with van der Waals surface area (Å²) in [6.07, 6.45) is 3.87. The van der Waals surface area contributed by atoms with Crippen molar-refractivity contribution in [3.05, 3.63) is 57.0 Å². The summed E-state index contributed by atoms with van der Waals surface area (Å²) >= 11 is 17.8. The first-order valence-corrected chi connectivity index (χ1v) is 8.31. The van der Waals surface area contributed by atoms with Crippen LogP contribution in [0.25, 0.3) is 0 Å². The van der Waals surface area contributed by atoms with Crippen LogP contribution in [0.5, 0.6) is 5.75 Å². The van der Waals surface area contributed by atoms with Gasteiger partial charge in [0.15, 0.2) is 5.82 Å². The van der Waals surface area contributed by atoms with E-state index in [4.69, 9.17) is 39.5 Å². The highest BCUT2D eigenvalue weighted by Crippen LogP contribution is 2.38. The molecule has 7 heteroatoms. The van der Waals surface area contributed by atoms with E-state index in [1.165, 1.54) is 6.07 Å². The fraction of sp³-hybridized carbons (Fsp3) is 0.312. The zero-order valence-corrected chi connectivity index (χ0v) is 14.3. The van der Waals surface area contributed by atoms with E-state index in [1.807, 2.05) is 0 Å².